The Morgan fingerprint density at radius 3 is 2.48 bits per heavy atom. The van der Waals surface area contributed by atoms with Gasteiger partial charge in [-0.05, 0) is 47.0 Å². The van der Waals surface area contributed by atoms with Gasteiger partial charge in [0.15, 0.2) is 0 Å². The third-order valence-corrected chi connectivity index (χ3v) is 5.25. The van der Waals surface area contributed by atoms with Crippen LogP contribution in [0.3, 0.4) is 0 Å². The van der Waals surface area contributed by atoms with Crippen LogP contribution in [0.5, 0.6) is 0 Å². The van der Waals surface area contributed by atoms with Gasteiger partial charge in [-0.15, -0.1) is 0 Å². The molecule has 0 aliphatic carbocycles. The molecule has 6 nitrogen and oxygen atoms in total. The largest absolute Gasteiger partial charge is 0.466 e. The van der Waals surface area contributed by atoms with E-state index in [0.29, 0.717) is 31.7 Å². The lowest BCUT2D eigenvalue weighted by Crippen LogP contribution is -2.42. The topological polar surface area (TPSA) is 64.4 Å². The number of hydrogen-bond donors (Lipinski definition) is 0. The average Bonchev–Trinajstić information content (AvgIpc) is 3.11. The number of carbonyl (C=O) groups is 2. The van der Waals surface area contributed by atoms with Crippen LogP contribution in [0, 0.1) is 18.3 Å². The van der Waals surface area contributed by atoms with E-state index in [1.807, 2.05) is 32.4 Å². The summed E-state index contributed by atoms with van der Waals surface area (Å²) in [6.07, 6.45) is 2.28. The van der Waals surface area contributed by atoms with Crippen LogP contribution in [0.4, 0.5) is 0 Å². The Kier molecular flexibility index (Phi) is 5.30. The third kappa shape index (κ3) is 3.44. The van der Waals surface area contributed by atoms with Crippen LogP contribution < -0.4 is 0 Å². The van der Waals surface area contributed by atoms with Gasteiger partial charge in [-0.2, -0.15) is 5.10 Å². The van der Waals surface area contributed by atoms with E-state index in [0.717, 1.165) is 5.69 Å². The molecule has 1 saturated heterocycles. The van der Waals surface area contributed by atoms with Crippen molar-refractivity contribution in [2.75, 3.05) is 19.7 Å². The van der Waals surface area contributed by atoms with Crippen molar-refractivity contribution in [3.05, 3.63) is 17.5 Å². The predicted octanol–water partition coefficient (Wildman–Crippen LogP) is 3.00. The number of carbonyl (C=O) groups excluding carboxylic acids is 2. The minimum Gasteiger partial charge on any atom is -0.466 e. The molecule has 6 heteroatoms. The van der Waals surface area contributed by atoms with Crippen LogP contribution in [-0.4, -0.2) is 46.3 Å². The van der Waals surface area contributed by atoms with E-state index in [9.17, 15) is 9.59 Å². The van der Waals surface area contributed by atoms with Gasteiger partial charge < -0.3 is 9.64 Å². The minimum absolute atomic E-state index is 0.0557. The standard InChI is InChI=1S/C19H31N3O3/c1-8-25-17(24)19(13(2)3)9-10-21(12-19)16(23)15-11-20-22(14(15)4)18(5,6)7/h11,13H,8-10,12H2,1-7H3/t19-/m0/s1. The van der Waals surface area contributed by atoms with Gasteiger partial charge in [0.25, 0.3) is 5.91 Å². The molecule has 0 spiro atoms. The molecular weight excluding hydrogens is 318 g/mol. The van der Waals surface area contributed by atoms with E-state index in [2.05, 4.69) is 25.9 Å². The quantitative estimate of drug-likeness (QED) is 0.784. The molecule has 1 fully saturated rings. The number of rotatable bonds is 4. The normalized spacial score (nSPS) is 21.0. The monoisotopic (exact) mass is 349 g/mol. The van der Waals surface area contributed by atoms with Gasteiger partial charge in [-0.1, -0.05) is 13.8 Å². The minimum atomic E-state index is -0.612. The maximum absolute atomic E-state index is 13.0. The molecular formula is C19H31N3O3. The molecule has 0 saturated carbocycles. The number of esters is 1. The van der Waals surface area contributed by atoms with Crippen LogP contribution in [0.15, 0.2) is 6.20 Å². The Hall–Kier alpha value is -1.85. The van der Waals surface area contributed by atoms with Gasteiger partial charge in [-0.3, -0.25) is 14.3 Å². The van der Waals surface area contributed by atoms with Crippen LogP contribution in [0.1, 0.15) is 64.0 Å². The number of hydrogen-bond acceptors (Lipinski definition) is 4. The Balaban J connectivity index is 2.25. The third-order valence-electron chi connectivity index (χ3n) is 5.25. The van der Waals surface area contributed by atoms with Gasteiger partial charge >= 0.3 is 5.97 Å². The lowest BCUT2D eigenvalue weighted by atomic mass is 9.76. The van der Waals surface area contributed by atoms with Crippen molar-refractivity contribution >= 4 is 11.9 Å². The van der Waals surface area contributed by atoms with Gasteiger partial charge in [0.05, 0.1) is 29.3 Å². The molecule has 2 rings (SSSR count). The Labute approximate surface area is 150 Å². The zero-order chi connectivity index (χ0) is 19.0. The van der Waals surface area contributed by atoms with Gasteiger partial charge in [0, 0.05) is 18.8 Å². The second-order valence-electron chi connectivity index (χ2n) is 8.23. The molecule has 0 unspecified atom stereocenters. The second-order valence-corrected chi connectivity index (χ2v) is 8.23. The number of amides is 1. The summed E-state index contributed by atoms with van der Waals surface area (Å²) in [6.45, 7) is 15.3. The van der Waals surface area contributed by atoms with Crippen molar-refractivity contribution in [1.29, 1.82) is 0 Å². The van der Waals surface area contributed by atoms with Crippen molar-refractivity contribution in [2.45, 2.75) is 60.4 Å². The Morgan fingerprint density at radius 1 is 1.36 bits per heavy atom. The van der Waals surface area contributed by atoms with E-state index in [1.54, 1.807) is 11.1 Å². The smallest absolute Gasteiger partial charge is 0.314 e. The van der Waals surface area contributed by atoms with E-state index in [4.69, 9.17) is 4.74 Å². The van der Waals surface area contributed by atoms with Crippen molar-refractivity contribution in [2.24, 2.45) is 11.3 Å². The Bertz CT molecular complexity index is 657. The molecule has 1 atom stereocenters. The SMILES string of the molecule is CCOC(=O)[C@@]1(C(C)C)CCN(C(=O)c2cnn(C(C)(C)C)c2C)C1. The maximum atomic E-state index is 13.0. The fourth-order valence-electron chi connectivity index (χ4n) is 3.62. The number of nitrogens with zero attached hydrogens (tertiary/aromatic N) is 3. The fraction of sp³-hybridized carbons (Fsp3) is 0.737. The zero-order valence-electron chi connectivity index (χ0n) is 16.5. The highest BCUT2D eigenvalue weighted by Crippen LogP contribution is 2.39. The summed E-state index contributed by atoms with van der Waals surface area (Å²) in [4.78, 5) is 27.3. The molecule has 0 radical (unpaired) electrons. The summed E-state index contributed by atoms with van der Waals surface area (Å²) in [6, 6.07) is 0. The first kappa shape index (κ1) is 19.5. The lowest BCUT2D eigenvalue weighted by molar-refractivity contribution is -0.157. The molecule has 0 N–H and O–H groups in total. The van der Waals surface area contributed by atoms with E-state index in [-0.39, 0.29) is 23.3 Å². The molecule has 0 aromatic carbocycles. The highest BCUT2D eigenvalue weighted by atomic mass is 16.5. The zero-order valence-corrected chi connectivity index (χ0v) is 16.5. The molecule has 0 bridgehead atoms. The van der Waals surface area contributed by atoms with Gasteiger partial charge in [-0.25, -0.2) is 0 Å². The van der Waals surface area contributed by atoms with Crippen molar-refractivity contribution in [1.82, 2.24) is 14.7 Å². The molecule has 2 heterocycles. The number of likely N-dealkylation sites (tertiary alicyclic amines) is 1. The molecule has 140 valence electrons. The molecule has 1 aliphatic heterocycles. The number of aromatic nitrogens is 2. The molecule has 1 aliphatic rings. The molecule has 1 amide bonds. The van der Waals surface area contributed by atoms with Crippen LogP contribution in [-0.2, 0) is 15.1 Å². The summed E-state index contributed by atoms with van der Waals surface area (Å²) in [5.74, 6) is -0.134. The second kappa shape index (κ2) is 6.81. The molecule has 1 aromatic heterocycles. The van der Waals surface area contributed by atoms with E-state index < -0.39 is 5.41 Å². The summed E-state index contributed by atoms with van der Waals surface area (Å²) in [5.41, 5.74) is 0.675. The molecule has 25 heavy (non-hydrogen) atoms. The van der Waals surface area contributed by atoms with Crippen molar-refractivity contribution in [3.8, 4) is 0 Å². The number of ether oxygens (including phenoxy) is 1. The van der Waals surface area contributed by atoms with Crippen molar-refractivity contribution < 1.29 is 14.3 Å². The van der Waals surface area contributed by atoms with Crippen molar-refractivity contribution in [3.63, 3.8) is 0 Å². The molecule has 1 aromatic rings. The summed E-state index contributed by atoms with van der Waals surface area (Å²) in [5, 5.41) is 4.39. The predicted molar refractivity (Wildman–Crippen MR) is 96.4 cm³/mol. The van der Waals surface area contributed by atoms with E-state index in [1.165, 1.54) is 0 Å². The van der Waals surface area contributed by atoms with Gasteiger partial charge in [0.2, 0.25) is 0 Å². The van der Waals surface area contributed by atoms with Crippen LogP contribution in [0.25, 0.3) is 0 Å². The first-order valence-corrected chi connectivity index (χ1v) is 9.06. The first-order valence-electron chi connectivity index (χ1n) is 9.06. The van der Waals surface area contributed by atoms with E-state index >= 15 is 0 Å². The average molecular weight is 349 g/mol. The summed E-state index contributed by atoms with van der Waals surface area (Å²) >= 11 is 0. The van der Waals surface area contributed by atoms with Crippen LogP contribution in [0.2, 0.25) is 0 Å². The first-order chi connectivity index (χ1) is 11.5. The highest BCUT2D eigenvalue weighted by Gasteiger charge is 2.49. The fourth-order valence-corrected chi connectivity index (χ4v) is 3.62. The maximum Gasteiger partial charge on any atom is 0.314 e. The Morgan fingerprint density at radius 2 is 2.00 bits per heavy atom. The summed E-state index contributed by atoms with van der Waals surface area (Å²) < 4.78 is 7.18. The van der Waals surface area contributed by atoms with Crippen LogP contribution >= 0.6 is 0 Å². The lowest BCUT2D eigenvalue weighted by Gasteiger charge is -2.30. The van der Waals surface area contributed by atoms with Gasteiger partial charge in [0.1, 0.15) is 0 Å². The highest BCUT2D eigenvalue weighted by molar-refractivity contribution is 5.96. The summed E-state index contributed by atoms with van der Waals surface area (Å²) in [7, 11) is 0.